The number of aromatic nitrogens is 2. The van der Waals surface area contributed by atoms with Gasteiger partial charge in [-0.15, -0.1) is 22.7 Å². The van der Waals surface area contributed by atoms with Gasteiger partial charge in [-0.3, -0.25) is 0 Å². The van der Waals surface area contributed by atoms with Gasteiger partial charge in [-0.1, -0.05) is 23.8 Å². The minimum absolute atomic E-state index is 0.511. The van der Waals surface area contributed by atoms with E-state index in [1.807, 2.05) is 17.7 Å². The number of hydrogen-bond donors (Lipinski definition) is 1. The molecule has 1 N–H and O–H groups in total. The Bertz CT molecular complexity index is 944. The van der Waals surface area contributed by atoms with Crippen LogP contribution in [0.25, 0.3) is 16.8 Å². The fraction of sp³-hybridized carbons (Fsp3) is 0.167. The van der Waals surface area contributed by atoms with Crippen LogP contribution in [0.4, 0.5) is 5.13 Å². The highest BCUT2D eigenvalue weighted by Gasteiger charge is 2.08. The van der Waals surface area contributed by atoms with E-state index in [1.54, 1.807) is 6.20 Å². The molecule has 0 aliphatic rings. The summed E-state index contributed by atoms with van der Waals surface area (Å²) < 4.78 is 0. The topological polar surface area (TPSA) is 61.6 Å². The van der Waals surface area contributed by atoms with Crippen LogP contribution in [0.2, 0.25) is 0 Å². The van der Waals surface area contributed by atoms with Gasteiger partial charge in [-0.05, 0) is 26.3 Å². The standard InChI is InChI=1S/C18H16N4S2/c1-11-4-5-15(12(2)6-11)16-10-24-18(22-16)20-8-14(7-19)17-21-13(3)9-23-17/h4-6,8-10H,1-3H3,(H,20,22)/b14-8+. The monoisotopic (exact) mass is 352 g/mol. The molecule has 3 rings (SSSR count). The Hall–Kier alpha value is -2.49. The van der Waals surface area contributed by atoms with Crippen molar-refractivity contribution in [2.45, 2.75) is 20.8 Å². The quantitative estimate of drug-likeness (QED) is 0.658. The van der Waals surface area contributed by atoms with Crippen LogP contribution in [-0.4, -0.2) is 9.97 Å². The molecule has 1 aromatic carbocycles. The predicted molar refractivity (Wildman–Crippen MR) is 101 cm³/mol. The van der Waals surface area contributed by atoms with E-state index < -0.39 is 0 Å². The Balaban J connectivity index is 1.81. The first-order valence-corrected chi connectivity index (χ1v) is 9.15. The molecule has 4 nitrogen and oxygen atoms in total. The zero-order valence-electron chi connectivity index (χ0n) is 13.6. The molecule has 0 atom stereocenters. The molecule has 0 spiro atoms. The summed E-state index contributed by atoms with van der Waals surface area (Å²) in [5.74, 6) is 0. The van der Waals surface area contributed by atoms with Crippen LogP contribution < -0.4 is 5.32 Å². The van der Waals surface area contributed by atoms with E-state index in [1.165, 1.54) is 33.8 Å². The summed E-state index contributed by atoms with van der Waals surface area (Å²) in [6.07, 6.45) is 1.67. The van der Waals surface area contributed by atoms with Crippen molar-refractivity contribution in [1.29, 1.82) is 5.26 Å². The van der Waals surface area contributed by atoms with Crippen molar-refractivity contribution in [1.82, 2.24) is 9.97 Å². The number of benzene rings is 1. The molecule has 0 amide bonds. The van der Waals surface area contributed by atoms with Crippen LogP contribution in [0.5, 0.6) is 0 Å². The molecular weight excluding hydrogens is 336 g/mol. The summed E-state index contributed by atoms with van der Waals surface area (Å²) >= 11 is 2.98. The SMILES string of the molecule is Cc1ccc(-c2csc(N/C=C(\C#N)c3nc(C)cs3)n2)c(C)c1. The molecule has 0 radical (unpaired) electrons. The molecule has 2 heterocycles. The maximum atomic E-state index is 9.30. The third-order valence-corrected chi connectivity index (χ3v) is 5.24. The average Bonchev–Trinajstić information content (AvgIpc) is 3.17. The molecule has 6 heteroatoms. The summed E-state index contributed by atoms with van der Waals surface area (Å²) in [7, 11) is 0. The number of anilines is 1. The van der Waals surface area contributed by atoms with Crippen LogP contribution in [0.15, 0.2) is 35.2 Å². The van der Waals surface area contributed by atoms with Crippen molar-refractivity contribution < 1.29 is 0 Å². The number of thiazole rings is 2. The van der Waals surface area contributed by atoms with Crippen LogP contribution in [0.3, 0.4) is 0 Å². The van der Waals surface area contributed by atoms with Crippen molar-refractivity contribution in [3.8, 4) is 17.3 Å². The van der Waals surface area contributed by atoms with Crippen LogP contribution in [-0.2, 0) is 0 Å². The molecule has 0 saturated carbocycles. The smallest absolute Gasteiger partial charge is 0.187 e. The predicted octanol–water partition coefficient (Wildman–Crippen LogP) is 5.17. The Labute approximate surface area is 149 Å². The van der Waals surface area contributed by atoms with E-state index in [9.17, 15) is 5.26 Å². The lowest BCUT2D eigenvalue weighted by molar-refractivity contribution is 1.24. The molecule has 0 unspecified atom stereocenters. The van der Waals surface area contributed by atoms with Gasteiger partial charge in [0.2, 0.25) is 0 Å². The first-order valence-electron chi connectivity index (χ1n) is 7.39. The number of nitriles is 1. The first-order chi connectivity index (χ1) is 11.6. The Morgan fingerprint density at radius 3 is 2.67 bits per heavy atom. The maximum Gasteiger partial charge on any atom is 0.187 e. The van der Waals surface area contributed by atoms with E-state index in [0.717, 1.165) is 22.1 Å². The third-order valence-electron chi connectivity index (χ3n) is 3.47. The highest BCUT2D eigenvalue weighted by molar-refractivity contribution is 7.14. The van der Waals surface area contributed by atoms with E-state index >= 15 is 0 Å². The van der Waals surface area contributed by atoms with Gasteiger partial charge >= 0.3 is 0 Å². The van der Waals surface area contributed by atoms with Crippen LogP contribution in [0, 0.1) is 32.1 Å². The number of nitrogens with one attached hydrogen (secondary N) is 1. The lowest BCUT2D eigenvalue weighted by atomic mass is 10.0. The van der Waals surface area contributed by atoms with Crippen LogP contribution in [0.1, 0.15) is 21.8 Å². The van der Waals surface area contributed by atoms with E-state index in [4.69, 9.17) is 0 Å². The van der Waals surface area contributed by atoms with Gasteiger partial charge in [0.1, 0.15) is 16.6 Å². The summed E-state index contributed by atoms with van der Waals surface area (Å²) in [5.41, 5.74) is 5.95. The minimum Gasteiger partial charge on any atom is -0.337 e. The van der Waals surface area contributed by atoms with Gasteiger partial charge in [0.25, 0.3) is 0 Å². The van der Waals surface area contributed by atoms with E-state index in [0.29, 0.717) is 10.6 Å². The fourth-order valence-corrected chi connectivity index (χ4v) is 3.76. The highest BCUT2D eigenvalue weighted by Crippen LogP contribution is 2.28. The second-order valence-corrected chi connectivity index (χ2v) is 7.18. The van der Waals surface area contributed by atoms with Crippen molar-refractivity contribution in [2.24, 2.45) is 0 Å². The van der Waals surface area contributed by atoms with Gasteiger partial charge in [0.15, 0.2) is 5.13 Å². The molecule has 3 aromatic rings. The second kappa shape index (κ2) is 6.95. The molecule has 0 bridgehead atoms. The zero-order chi connectivity index (χ0) is 17.1. The van der Waals surface area contributed by atoms with Gasteiger partial charge in [-0.2, -0.15) is 5.26 Å². The molecule has 0 fully saturated rings. The average molecular weight is 352 g/mol. The maximum absolute atomic E-state index is 9.30. The van der Waals surface area contributed by atoms with Crippen LogP contribution >= 0.6 is 22.7 Å². The van der Waals surface area contributed by atoms with Crippen molar-refractivity contribution >= 4 is 33.4 Å². The molecule has 2 aromatic heterocycles. The molecule has 24 heavy (non-hydrogen) atoms. The molecular formula is C18H16N4S2. The number of aryl methyl sites for hydroxylation is 3. The normalized spacial score (nSPS) is 11.3. The summed E-state index contributed by atoms with van der Waals surface area (Å²) in [6, 6.07) is 8.52. The molecule has 0 saturated heterocycles. The minimum atomic E-state index is 0.511. The summed E-state index contributed by atoms with van der Waals surface area (Å²) in [6.45, 7) is 6.09. The largest absolute Gasteiger partial charge is 0.337 e. The van der Waals surface area contributed by atoms with Crippen molar-refractivity contribution in [2.75, 3.05) is 5.32 Å². The van der Waals surface area contributed by atoms with Gasteiger partial charge < -0.3 is 5.32 Å². The lowest BCUT2D eigenvalue weighted by Gasteiger charge is -2.03. The van der Waals surface area contributed by atoms with Crippen molar-refractivity contribution in [3.63, 3.8) is 0 Å². The number of rotatable bonds is 4. The lowest BCUT2D eigenvalue weighted by Crippen LogP contribution is -1.91. The first kappa shape index (κ1) is 16.4. The molecule has 120 valence electrons. The fourth-order valence-electron chi connectivity index (χ4n) is 2.32. The summed E-state index contributed by atoms with van der Waals surface area (Å²) in [4.78, 5) is 8.95. The van der Waals surface area contributed by atoms with E-state index in [-0.39, 0.29) is 0 Å². The van der Waals surface area contributed by atoms with Gasteiger partial charge in [0.05, 0.1) is 5.69 Å². The highest BCUT2D eigenvalue weighted by atomic mass is 32.1. The Morgan fingerprint density at radius 1 is 1.17 bits per heavy atom. The second-order valence-electron chi connectivity index (χ2n) is 5.46. The Morgan fingerprint density at radius 2 is 2.00 bits per heavy atom. The van der Waals surface area contributed by atoms with Gasteiger partial charge in [0, 0.05) is 28.2 Å². The summed E-state index contributed by atoms with van der Waals surface area (Å²) in [5, 5.41) is 17.8. The van der Waals surface area contributed by atoms with E-state index in [2.05, 4.69) is 53.4 Å². The number of allylic oxidation sites excluding steroid dienone is 1. The Kier molecular flexibility index (Phi) is 4.74. The molecule has 0 aliphatic carbocycles. The zero-order valence-corrected chi connectivity index (χ0v) is 15.3. The number of nitrogens with zero attached hydrogens (tertiary/aromatic N) is 3. The van der Waals surface area contributed by atoms with Crippen molar-refractivity contribution in [3.05, 3.63) is 57.0 Å². The third kappa shape index (κ3) is 3.53. The molecule has 0 aliphatic heterocycles. The number of hydrogen-bond acceptors (Lipinski definition) is 6. The van der Waals surface area contributed by atoms with Gasteiger partial charge in [-0.25, -0.2) is 9.97 Å².